The van der Waals surface area contributed by atoms with Crippen LogP contribution >= 0.6 is 0 Å². The maximum absolute atomic E-state index is 13.1. The van der Waals surface area contributed by atoms with Crippen LogP contribution in [0.4, 0.5) is 13.2 Å². The molecule has 1 aromatic carbocycles. The van der Waals surface area contributed by atoms with Crippen molar-refractivity contribution in [1.82, 2.24) is 5.43 Å². The third-order valence-corrected chi connectivity index (χ3v) is 2.72. The van der Waals surface area contributed by atoms with Gasteiger partial charge in [0.1, 0.15) is 19.1 Å². The van der Waals surface area contributed by atoms with Crippen molar-refractivity contribution < 1.29 is 27.8 Å². The zero-order valence-electron chi connectivity index (χ0n) is 11.3. The second-order valence-corrected chi connectivity index (χ2v) is 4.58. The molecule has 2 rings (SSSR count). The highest BCUT2D eigenvalue weighted by Gasteiger charge is 2.35. The van der Waals surface area contributed by atoms with Crippen molar-refractivity contribution in [3.05, 3.63) is 29.3 Å². The van der Waals surface area contributed by atoms with Crippen LogP contribution in [0.1, 0.15) is 18.1 Å². The third-order valence-electron chi connectivity index (χ3n) is 2.72. The van der Waals surface area contributed by atoms with E-state index >= 15 is 0 Å². The minimum absolute atomic E-state index is 0.137. The van der Waals surface area contributed by atoms with Crippen molar-refractivity contribution >= 4 is 5.71 Å². The molecule has 0 saturated heterocycles. The normalized spacial score (nSPS) is 16.9. The van der Waals surface area contributed by atoms with Gasteiger partial charge in [0.05, 0.1) is 24.0 Å². The average molecular weight is 304 g/mol. The standard InChI is InChI=1S/C13H15F3N2O3/c1-8(19)5-21-12-3-2-9(4-10(12)13(14,15)16)11-6-20-7-17-18-11/h2-4,8,17,19H,5-7H2,1H3/t8-/m0/s1. The Morgan fingerprint density at radius 3 is 2.81 bits per heavy atom. The molecule has 0 fully saturated rings. The third kappa shape index (κ3) is 4.08. The molecule has 8 heteroatoms. The first-order valence-electron chi connectivity index (χ1n) is 6.27. The Labute approximate surface area is 119 Å². The van der Waals surface area contributed by atoms with E-state index < -0.39 is 17.8 Å². The van der Waals surface area contributed by atoms with Gasteiger partial charge < -0.3 is 14.6 Å². The van der Waals surface area contributed by atoms with Crippen molar-refractivity contribution in [2.45, 2.75) is 19.2 Å². The Balaban J connectivity index is 2.33. The van der Waals surface area contributed by atoms with Gasteiger partial charge >= 0.3 is 6.18 Å². The number of halogens is 3. The SMILES string of the molecule is C[C@H](O)COc1ccc(C2=NNCOC2)cc1C(F)(F)F. The number of alkyl halides is 3. The van der Waals surface area contributed by atoms with E-state index in [0.717, 1.165) is 6.07 Å². The van der Waals surface area contributed by atoms with Crippen molar-refractivity contribution in [3.8, 4) is 5.75 Å². The van der Waals surface area contributed by atoms with Gasteiger partial charge in [0.15, 0.2) is 0 Å². The highest BCUT2D eigenvalue weighted by atomic mass is 19.4. The van der Waals surface area contributed by atoms with Crippen LogP contribution in [0.25, 0.3) is 0 Å². The van der Waals surface area contributed by atoms with E-state index in [9.17, 15) is 13.2 Å². The molecule has 1 aliphatic rings. The minimum Gasteiger partial charge on any atom is -0.490 e. The maximum atomic E-state index is 13.1. The van der Waals surface area contributed by atoms with Crippen molar-refractivity contribution in [3.63, 3.8) is 0 Å². The minimum atomic E-state index is -4.56. The van der Waals surface area contributed by atoms with Gasteiger partial charge in [-0.05, 0) is 25.1 Å². The van der Waals surface area contributed by atoms with Crippen LogP contribution in [0.5, 0.6) is 5.75 Å². The lowest BCUT2D eigenvalue weighted by atomic mass is 10.1. The van der Waals surface area contributed by atoms with E-state index in [4.69, 9.17) is 14.6 Å². The van der Waals surface area contributed by atoms with Crippen molar-refractivity contribution in [2.24, 2.45) is 5.10 Å². The van der Waals surface area contributed by atoms with E-state index in [1.807, 2.05) is 0 Å². The smallest absolute Gasteiger partial charge is 0.419 e. The fourth-order valence-electron chi connectivity index (χ4n) is 1.77. The first kappa shape index (κ1) is 15.6. The number of nitrogens with zero attached hydrogens (tertiary/aromatic N) is 1. The summed E-state index contributed by atoms with van der Waals surface area (Å²) in [4.78, 5) is 0. The molecular weight excluding hydrogens is 289 g/mol. The Morgan fingerprint density at radius 2 is 2.24 bits per heavy atom. The van der Waals surface area contributed by atoms with E-state index in [-0.39, 0.29) is 25.7 Å². The fourth-order valence-corrected chi connectivity index (χ4v) is 1.77. The Hall–Kier alpha value is -1.80. The molecule has 1 heterocycles. The molecular formula is C13H15F3N2O3. The summed E-state index contributed by atoms with van der Waals surface area (Å²) in [7, 11) is 0. The second kappa shape index (κ2) is 6.31. The number of ether oxygens (including phenoxy) is 2. The zero-order valence-corrected chi connectivity index (χ0v) is 11.3. The summed E-state index contributed by atoms with van der Waals surface area (Å²) in [6, 6.07) is 3.66. The van der Waals surface area contributed by atoms with Gasteiger partial charge in [-0.25, -0.2) is 0 Å². The average Bonchev–Trinajstić information content (AvgIpc) is 2.45. The predicted molar refractivity (Wildman–Crippen MR) is 69.1 cm³/mol. The first-order chi connectivity index (χ1) is 9.88. The number of benzene rings is 1. The summed E-state index contributed by atoms with van der Waals surface area (Å²) < 4.78 is 49.4. The first-order valence-corrected chi connectivity index (χ1v) is 6.27. The Kier molecular flexibility index (Phi) is 4.69. The number of nitrogens with one attached hydrogen (secondary N) is 1. The van der Waals surface area contributed by atoms with Crippen LogP contribution in [-0.2, 0) is 10.9 Å². The van der Waals surface area contributed by atoms with Crippen LogP contribution in [0, 0.1) is 0 Å². The number of aliphatic hydroxyl groups excluding tert-OH is 1. The van der Waals surface area contributed by atoms with Crippen LogP contribution in [0.15, 0.2) is 23.3 Å². The number of rotatable bonds is 4. The van der Waals surface area contributed by atoms with Gasteiger partial charge in [-0.15, -0.1) is 0 Å². The molecule has 0 bridgehead atoms. The Morgan fingerprint density at radius 1 is 1.48 bits per heavy atom. The molecule has 0 aromatic heterocycles. The van der Waals surface area contributed by atoms with Crippen LogP contribution in [0.3, 0.4) is 0 Å². The van der Waals surface area contributed by atoms with Crippen molar-refractivity contribution in [1.29, 1.82) is 0 Å². The molecule has 1 aliphatic heterocycles. The van der Waals surface area contributed by atoms with Crippen LogP contribution < -0.4 is 10.2 Å². The van der Waals surface area contributed by atoms with Gasteiger partial charge in [0, 0.05) is 5.56 Å². The fraction of sp³-hybridized carbons (Fsp3) is 0.462. The van der Waals surface area contributed by atoms with Gasteiger partial charge in [-0.2, -0.15) is 18.3 Å². The molecule has 0 unspecified atom stereocenters. The lowest BCUT2D eigenvalue weighted by molar-refractivity contribution is -0.139. The van der Waals surface area contributed by atoms with E-state index in [1.165, 1.54) is 19.1 Å². The lowest BCUT2D eigenvalue weighted by Gasteiger charge is -2.18. The van der Waals surface area contributed by atoms with Gasteiger partial charge in [-0.1, -0.05) is 0 Å². The Bertz CT molecular complexity index is 530. The highest BCUT2D eigenvalue weighted by molar-refractivity contribution is 6.02. The van der Waals surface area contributed by atoms with Crippen LogP contribution in [0.2, 0.25) is 0 Å². The molecule has 21 heavy (non-hydrogen) atoms. The molecule has 5 nitrogen and oxygen atoms in total. The van der Waals surface area contributed by atoms with Gasteiger partial charge in [0.2, 0.25) is 0 Å². The van der Waals surface area contributed by atoms with Gasteiger partial charge in [0.25, 0.3) is 0 Å². The quantitative estimate of drug-likeness (QED) is 0.889. The van der Waals surface area contributed by atoms with Gasteiger partial charge in [-0.3, -0.25) is 5.43 Å². The lowest BCUT2D eigenvalue weighted by Crippen LogP contribution is -2.26. The largest absolute Gasteiger partial charge is 0.490 e. The monoisotopic (exact) mass is 304 g/mol. The summed E-state index contributed by atoms with van der Waals surface area (Å²) in [6.07, 6.45) is -5.42. The summed E-state index contributed by atoms with van der Waals surface area (Å²) in [6.45, 7) is 1.58. The van der Waals surface area contributed by atoms with E-state index in [2.05, 4.69) is 10.5 Å². The number of aliphatic hydroxyl groups is 1. The van der Waals surface area contributed by atoms with E-state index in [1.54, 1.807) is 0 Å². The number of hydrazone groups is 1. The van der Waals surface area contributed by atoms with Crippen molar-refractivity contribution in [2.75, 3.05) is 19.9 Å². The molecule has 0 aliphatic carbocycles. The van der Waals surface area contributed by atoms with Crippen LogP contribution in [-0.4, -0.2) is 36.9 Å². The highest BCUT2D eigenvalue weighted by Crippen LogP contribution is 2.37. The van der Waals surface area contributed by atoms with E-state index in [0.29, 0.717) is 11.3 Å². The maximum Gasteiger partial charge on any atom is 0.419 e. The summed E-state index contributed by atoms with van der Waals surface area (Å²) in [5.41, 5.74) is 2.35. The second-order valence-electron chi connectivity index (χ2n) is 4.58. The molecule has 1 atom stereocenters. The summed E-state index contributed by atoms with van der Waals surface area (Å²) >= 11 is 0. The molecule has 116 valence electrons. The number of hydrogen-bond acceptors (Lipinski definition) is 5. The summed E-state index contributed by atoms with van der Waals surface area (Å²) in [5.74, 6) is -0.322. The molecule has 2 N–H and O–H groups in total. The predicted octanol–water partition coefficient (Wildman–Crippen LogP) is 1.75. The molecule has 1 aromatic rings. The molecule has 0 saturated carbocycles. The molecule has 0 amide bonds. The number of hydrogen-bond donors (Lipinski definition) is 2. The molecule has 0 spiro atoms. The zero-order chi connectivity index (χ0) is 15.5. The summed E-state index contributed by atoms with van der Waals surface area (Å²) in [5, 5.41) is 13.0. The molecule has 0 radical (unpaired) electrons. The topological polar surface area (TPSA) is 63.1 Å².